The van der Waals surface area contributed by atoms with Crippen molar-refractivity contribution in [3.63, 3.8) is 0 Å². The fourth-order valence-electron chi connectivity index (χ4n) is 2.10. The van der Waals surface area contributed by atoms with E-state index in [1.165, 1.54) is 11.8 Å². The van der Waals surface area contributed by atoms with Crippen LogP contribution in [0.15, 0.2) is 52.4 Å². The third-order valence-corrected chi connectivity index (χ3v) is 4.29. The van der Waals surface area contributed by atoms with E-state index in [2.05, 4.69) is 25.4 Å². The lowest BCUT2D eigenvalue weighted by Crippen LogP contribution is -2.28. The molecule has 26 heavy (non-hydrogen) atoms. The second-order valence-electron chi connectivity index (χ2n) is 5.29. The number of methoxy groups -OCH3 is 1. The fourth-order valence-corrected chi connectivity index (χ4v) is 2.72. The van der Waals surface area contributed by atoms with Gasteiger partial charge in [-0.3, -0.25) is 4.79 Å². The lowest BCUT2D eigenvalue weighted by molar-refractivity contribution is -0.119. The van der Waals surface area contributed by atoms with Gasteiger partial charge in [0.25, 0.3) is 0 Å². The van der Waals surface area contributed by atoms with E-state index in [9.17, 15) is 4.79 Å². The minimum Gasteiger partial charge on any atom is -0.497 e. The molecule has 0 unspecified atom stereocenters. The summed E-state index contributed by atoms with van der Waals surface area (Å²) >= 11 is 1.26. The summed E-state index contributed by atoms with van der Waals surface area (Å²) in [6.07, 6.45) is 3.27. The Hall–Kier alpha value is -2.94. The van der Waals surface area contributed by atoms with Gasteiger partial charge in [-0.1, -0.05) is 16.9 Å². The van der Waals surface area contributed by atoms with Crippen molar-refractivity contribution >= 4 is 17.7 Å². The van der Waals surface area contributed by atoms with E-state index in [0.29, 0.717) is 16.9 Å². The van der Waals surface area contributed by atoms with Crippen LogP contribution in [0.5, 0.6) is 5.75 Å². The number of amides is 1. The van der Waals surface area contributed by atoms with Crippen LogP contribution in [0.25, 0.3) is 11.4 Å². The third-order valence-electron chi connectivity index (χ3n) is 3.41. The number of thioether (sulfide) groups is 1. The van der Waals surface area contributed by atoms with E-state index < -0.39 is 6.04 Å². The van der Waals surface area contributed by atoms with E-state index >= 15 is 0 Å². The predicted octanol–water partition coefficient (Wildman–Crippen LogP) is 2.50. The van der Waals surface area contributed by atoms with Gasteiger partial charge in [-0.15, -0.1) is 0 Å². The average molecular weight is 371 g/mol. The van der Waals surface area contributed by atoms with Crippen molar-refractivity contribution in [3.05, 3.63) is 48.6 Å². The second kappa shape index (κ2) is 8.43. The number of hydrogen-bond acceptors (Lipinski definition) is 8. The van der Waals surface area contributed by atoms with Gasteiger partial charge in [0.15, 0.2) is 5.16 Å². The molecule has 1 amide bonds. The van der Waals surface area contributed by atoms with Crippen molar-refractivity contribution in [1.82, 2.24) is 25.4 Å². The van der Waals surface area contributed by atoms with Crippen LogP contribution in [-0.2, 0) is 4.79 Å². The molecular weight excluding hydrogens is 354 g/mol. The van der Waals surface area contributed by atoms with Crippen molar-refractivity contribution in [2.75, 3.05) is 12.9 Å². The van der Waals surface area contributed by atoms with Crippen LogP contribution in [-0.4, -0.2) is 38.9 Å². The van der Waals surface area contributed by atoms with Gasteiger partial charge in [-0.2, -0.15) is 4.98 Å². The standard InChI is InChI=1S/C17H17N5O3S/c1-11(20-14(23)10-26-17-18-8-3-9-19-17)16-21-15(22-25-16)12-4-6-13(24-2)7-5-12/h3-9,11H,10H2,1-2H3,(H,20,23)/t11-/m1/s1. The molecule has 1 aromatic carbocycles. The number of nitrogens with one attached hydrogen (secondary N) is 1. The van der Waals surface area contributed by atoms with Gasteiger partial charge in [-0.25, -0.2) is 9.97 Å². The van der Waals surface area contributed by atoms with Crippen LogP contribution in [0, 0.1) is 0 Å². The minimum absolute atomic E-state index is 0.167. The zero-order valence-corrected chi connectivity index (χ0v) is 15.1. The molecule has 0 aliphatic carbocycles. The molecule has 3 rings (SSSR count). The first-order valence-corrected chi connectivity index (χ1v) is 8.81. The molecular formula is C17H17N5O3S. The summed E-state index contributed by atoms with van der Waals surface area (Å²) in [4.78, 5) is 24.5. The van der Waals surface area contributed by atoms with Gasteiger partial charge < -0.3 is 14.6 Å². The zero-order chi connectivity index (χ0) is 18.4. The van der Waals surface area contributed by atoms with Gasteiger partial charge in [0.2, 0.25) is 17.6 Å². The highest BCUT2D eigenvalue weighted by atomic mass is 32.2. The summed E-state index contributed by atoms with van der Waals surface area (Å²) in [5.74, 6) is 1.58. The molecule has 3 aromatic rings. The Labute approximate surface area is 154 Å². The first kappa shape index (κ1) is 17.9. The van der Waals surface area contributed by atoms with Crippen LogP contribution < -0.4 is 10.1 Å². The number of nitrogens with zero attached hydrogens (tertiary/aromatic N) is 4. The predicted molar refractivity (Wildman–Crippen MR) is 95.6 cm³/mol. The smallest absolute Gasteiger partial charge is 0.249 e. The van der Waals surface area contributed by atoms with E-state index in [-0.39, 0.29) is 11.7 Å². The third kappa shape index (κ3) is 4.57. The number of carbonyl (C=O) groups excluding carboxylic acids is 1. The lowest BCUT2D eigenvalue weighted by Gasteiger charge is -2.08. The first-order valence-electron chi connectivity index (χ1n) is 7.83. The highest BCUT2D eigenvalue weighted by molar-refractivity contribution is 7.99. The van der Waals surface area contributed by atoms with Gasteiger partial charge in [0, 0.05) is 18.0 Å². The summed E-state index contributed by atoms with van der Waals surface area (Å²) in [5, 5.41) is 7.33. The molecule has 0 bridgehead atoms. The van der Waals surface area contributed by atoms with Crippen LogP contribution in [0.4, 0.5) is 0 Å². The molecule has 2 heterocycles. The summed E-state index contributed by atoms with van der Waals surface area (Å²) < 4.78 is 10.4. The average Bonchev–Trinajstić information content (AvgIpc) is 3.18. The van der Waals surface area contributed by atoms with E-state index in [4.69, 9.17) is 9.26 Å². The summed E-state index contributed by atoms with van der Waals surface area (Å²) in [5.41, 5.74) is 0.802. The van der Waals surface area contributed by atoms with Crippen molar-refractivity contribution < 1.29 is 14.1 Å². The van der Waals surface area contributed by atoms with Gasteiger partial charge in [0.05, 0.1) is 12.9 Å². The molecule has 1 atom stereocenters. The molecule has 0 radical (unpaired) electrons. The number of ether oxygens (including phenoxy) is 1. The Balaban J connectivity index is 1.57. The maximum Gasteiger partial charge on any atom is 0.249 e. The molecule has 134 valence electrons. The number of rotatable bonds is 7. The van der Waals surface area contributed by atoms with Crippen molar-refractivity contribution in [3.8, 4) is 17.1 Å². The molecule has 2 aromatic heterocycles. The number of carbonyl (C=O) groups is 1. The fraction of sp³-hybridized carbons (Fsp3) is 0.235. The molecule has 0 saturated heterocycles. The van der Waals surface area contributed by atoms with Crippen LogP contribution >= 0.6 is 11.8 Å². The molecule has 8 nitrogen and oxygen atoms in total. The maximum atomic E-state index is 12.1. The summed E-state index contributed by atoms with van der Waals surface area (Å²) in [6.45, 7) is 1.78. The Morgan fingerprint density at radius 1 is 1.27 bits per heavy atom. The molecule has 1 N–H and O–H groups in total. The number of aromatic nitrogens is 4. The van der Waals surface area contributed by atoms with Crippen molar-refractivity contribution in [2.45, 2.75) is 18.1 Å². The van der Waals surface area contributed by atoms with Crippen LogP contribution in [0.1, 0.15) is 18.9 Å². The largest absolute Gasteiger partial charge is 0.497 e. The monoisotopic (exact) mass is 371 g/mol. The first-order chi connectivity index (χ1) is 12.7. The van der Waals surface area contributed by atoms with Crippen LogP contribution in [0.2, 0.25) is 0 Å². The number of hydrogen-bond donors (Lipinski definition) is 1. The second-order valence-corrected chi connectivity index (χ2v) is 6.24. The topological polar surface area (TPSA) is 103 Å². The van der Waals surface area contributed by atoms with Gasteiger partial charge in [0.1, 0.15) is 11.8 Å². The van der Waals surface area contributed by atoms with E-state index in [1.54, 1.807) is 32.5 Å². The Bertz CT molecular complexity index is 854. The minimum atomic E-state index is -0.403. The highest BCUT2D eigenvalue weighted by Crippen LogP contribution is 2.21. The maximum absolute atomic E-state index is 12.1. The van der Waals surface area contributed by atoms with Crippen LogP contribution in [0.3, 0.4) is 0 Å². The van der Waals surface area contributed by atoms with Crippen molar-refractivity contribution in [2.24, 2.45) is 0 Å². The van der Waals surface area contributed by atoms with Gasteiger partial charge in [-0.05, 0) is 37.3 Å². The van der Waals surface area contributed by atoms with E-state index in [1.807, 2.05) is 24.3 Å². The molecule has 0 spiro atoms. The zero-order valence-electron chi connectivity index (χ0n) is 14.2. The quantitative estimate of drug-likeness (QED) is 0.499. The molecule has 0 fully saturated rings. The lowest BCUT2D eigenvalue weighted by atomic mass is 10.2. The highest BCUT2D eigenvalue weighted by Gasteiger charge is 2.17. The Morgan fingerprint density at radius 3 is 2.69 bits per heavy atom. The molecule has 0 aliphatic rings. The molecule has 0 saturated carbocycles. The summed E-state index contributed by atoms with van der Waals surface area (Å²) in [7, 11) is 1.61. The molecule has 0 aliphatic heterocycles. The Morgan fingerprint density at radius 2 is 2.00 bits per heavy atom. The van der Waals surface area contributed by atoms with Gasteiger partial charge >= 0.3 is 0 Å². The SMILES string of the molecule is COc1ccc(-c2noc([C@@H](C)NC(=O)CSc3ncccn3)n2)cc1. The number of benzene rings is 1. The summed E-state index contributed by atoms with van der Waals surface area (Å²) in [6, 6.07) is 8.64. The molecule has 9 heteroatoms. The van der Waals surface area contributed by atoms with E-state index in [0.717, 1.165) is 11.3 Å². The van der Waals surface area contributed by atoms with Crippen molar-refractivity contribution in [1.29, 1.82) is 0 Å². The Kier molecular flexibility index (Phi) is 5.80. The normalized spacial score (nSPS) is 11.8.